The number of hydrogen-bond donors (Lipinski definition) is 1. The lowest BCUT2D eigenvalue weighted by atomic mass is 10.1. The van der Waals surface area contributed by atoms with Gasteiger partial charge in [0.15, 0.2) is 5.65 Å². The maximum Gasteiger partial charge on any atom is 0.271 e. The number of carbonyl (C=O) groups is 1. The average Bonchev–Trinajstić information content (AvgIpc) is 3.07. The number of anilines is 1. The zero-order chi connectivity index (χ0) is 23.0. The molecule has 10 heteroatoms. The molecule has 0 radical (unpaired) electrons. The fourth-order valence-corrected chi connectivity index (χ4v) is 4.53. The number of nitrogens with zero attached hydrogens (tertiary/aromatic N) is 6. The number of rotatable bonds is 4. The van der Waals surface area contributed by atoms with Crippen molar-refractivity contribution < 1.29 is 9.18 Å². The van der Waals surface area contributed by atoms with Crippen LogP contribution in [0, 0.1) is 12.7 Å². The summed E-state index contributed by atoms with van der Waals surface area (Å²) in [5.74, 6) is 0.204. The Labute approximate surface area is 190 Å². The normalized spacial score (nSPS) is 17.7. The van der Waals surface area contributed by atoms with Gasteiger partial charge in [0, 0.05) is 37.8 Å². The number of aromatic nitrogens is 4. The van der Waals surface area contributed by atoms with E-state index in [2.05, 4.69) is 42.0 Å². The van der Waals surface area contributed by atoms with Gasteiger partial charge in [-0.05, 0) is 40.7 Å². The Morgan fingerprint density at radius 3 is 2.69 bits per heavy atom. The number of fused-ring (bicyclic) bond motifs is 1. The minimum absolute atomic E-state index is 0.170. The van der Waals surface area contributed by atoms with Crippen molar-refractivity contribution in [3.63, 3.8) is 0 Å². The van der Waals surface area contributed by atoms with E-state index >= 15 is 0 Å². The first kappa shape index (κ1) is 22.5. The molecule has 0 bridgehead atoms. The van der Waals surface area contributed by atoms with Gasteiger partial charge in [-0.1, -0.05) is 0 Å². The second-order valence-corrected chi connectivity index (χ2v) is 10.4. The zero-order valence-electron chi connectivity index (χ0n) is 19.0. The highest BCUT2D eigenvalue weighted by Gasteiger charge is 2.26. The first-order chi connectivity index (χ1) is 15.1. The number of halogens is 1. The van der Waals surface area contributed by atoms with Crippen molar-refractivity contribution in [2.45, 2.75) is 52.7 Å². The third-order valence-electron chi connectivity index (χ3n) is 5.32. The van der Waals surface area contributed by atoms with Crippen LogP contribution in [-0.2, 0) is 6.54 Å². The molecule has 1 atom stereocenters. The van der Waals surface area contributed by atoms with Gasteiger partial charge in [-0.25, -0.2) is 24.3 Å². The van der Waals surface area contributed by atoms with Crippen molar-refractivity contribution in [1.29, 1.82) is 0 Å². The smallest absolute Gasteiger partial charge is 0.271 e. The minimum Gasteiger partial charge on any atom is -0.353 e. The number of piperazine rings is 1. The molecule has 1 fully saturated rings. The number of thiazole rings is 1. The lowest BCUT2D eigenvalue weighted by Crippen LogP contribution is -2.52. The van der Waals surface area contributed by atoms with Gasteiger partial charge in [0.05, 0.1) is 27.8 Å². The van der Waals surface area contributed by atoms with Crippen LogP contribution in [0.5, 0.6) is 0 Å². The van der Waals surface area contributed by atoms with E-state index in [1.54, 1.807) is 6.20 Å². The second-order valence-electron chi connectivity index (χ2n) is 9.20. The molecule has 1 saturated heterocycles. The molecule has 1 N–H and O–H groups in total. The molecule has 3 aromatic rings. The summed E-state index contributed by atoms with van der Waals surface area (Å²) in [7, 11) is 0. The second kappa shape index (κ2) is 8.67. The highest BCUT2D eigenvalue weighted by atomic mass is 32.1. The third kappa shape index (κ3) is 5.02. The standard InChI is InChI=1S/C22H28FN7OS/c1-13-11-30(19-10-24-16(9-25-19)21(31)28-22(3,4)5)7-6-29(13)12-17-15(23)8-18-20(27-17)26-14(2)32-18/h8-10,13H,6-7,11-12H2,1-5H3,(H,28,31)/t13-/m0/s1. The van der Waals surface area contributed by atoms with E-state index < -0.39 is 0 Å². The zero-order valence-corrected chi connectivity index (χ0v) is 19.8. The first-order valence-electron chi connectivity index (χ1n) is 10.6. The molecule has 3 aromatic heterocycles. The first-order valence-corrected chi connectivity index (χ1v) is 11.5. The predicted molar refractivity (Wildman–Crippen MR) is 123 cm³/mol. The fourth-order valence-electron chi connectivity index (χ4n) is 3.73. The molecule has 1 aliphatic rings. The van der Waals surface area contributed by atoms with Crippen molar-refractivity contribution in [3.05, 3.63) is 40.7 Å². The molecular formula is C22H28FN7OS. The molecule has 8 nitrogen and oxygen atoms in total. The van der Waals surface area contributed by atoms with Gasteiger partial charge in [-0.15, -0.1) is 11.3 Å². The molecule has 4 heterocycles. The van der Waals surface area contributed by atoms with Crippen molar-refractivity contribution in [1.82, 2.24) is 30.2 Å². The summed E-state index contributed by atoms with van der Waals surface area (Å²) in [5, 5.41) is 3.77. The van der Waals surface area contributed by atoms with Crippen LogP contribution in [0.25, 0.3) is 10.3 Å². The van der Waals surface area contributed by atoms with Crippen LogP contribution in [0.15, 0.2) is 18.5 Å². The Hall–Kier alpha value is -2.72. The maximum atomic E-state index is 14.6. The van der Waals surface area contributed by atoms with Gasteiger partial charge in [0.1, 0.15) is 17.3 Å². The van der Waals surface area contributed by atoms with Gasteiger partial charge in [0.2, 0.25) is 0 Å². The van der Waals surface area contributed by atoms with Crippen molar-refractivity contribution in [2.75, 3.05) is 24.5 Å². The van der Waals surface area contributed by atoms with Gasteiger partial charge in [-0.2, -0.15) is 0 Å². The monoisotopic (exact) mass is 457 g/mol. The number of carbonyl (C=O) groups excluding carboxylic acids is 1. The van der Waals surface area contributed by atoms with Crippen LogP contribution in [-0.4, -0.2) is 62.0 Å². The van der Waals surface area contributed by atoms with Crippen LogP contribution < -0.4 is 10.2 Å². The van der Waals surface area contributed by atoms with E-state index in [0.29, 0.717) is 23.6 Å². The molecule has 0 unspecified atom stereocenters. The van der Waals surface area contributed by atoms with Crippen LogP contribution in [0.1, 0.15) is 48.9 Å². The third-order valence-corrected chi connectivity index (χ3v) is 6.22. The Bertz CT molecular complexity index is 1130. The largest absolute Gasteiger partial charge is 0.353 e. The molecule has 1 amide bonds. The van der Waals surface area contributed by atoms with Crippen LogP contribution in [0.4, 0.5) is 10.2 Å². The summed E-state index contributed by atoms with van der Waals surface area (Å²) in [6.45, 7) is 12.4. The van der Waals surface area contributed by atoms with Crippen LogP contribution in [0.3, 0.4) is 0 Å². The molecule has 0 aliphatic carbocycles. The Morgan fingerprint density at radius 1 is 1.25 bits per heavy atom. The van der Waals surface area contributed by atoms with E-state index in [1.165, 1.54) is 23.6 Å². The van der Waals surface area contributed by atoms with Crippen molar-refractivity contribution in [3.8, 4) is 0 Å². The molecule has 1 aliphatic heterocycles. The van der Waals surface area contributed by atoms with E-state index in [0.717, 1.165) is 35.2 Å². The van der Waals surface area contributed by atoms with Crippen molar-refractivity contribution >= 4 is 33.4 Å². The molecular weight excluding hydrogens is 429 g/mol. The summed E-state index contributed by atoms with van der Waals surface area (Å²) in [6, 6.07) is 1.71. The lowest BCUT2D eigenvalue weighted by Gasteiger charge is -2.40. The Morgan fingerprint density at radius 2 is 2.03 bits per heavy atom. The number of hydrogen-bond acceptors (Lipinski definition) is 8. The number of nitrogens with one attached hydrogen (secondary N) is 1. The number of aryl methyl sites for hydroxylation is 1. The SMILES string of the molecule is Cc1nc2nc(CN3CCN(c4cnc(C(=O)NC(C)(C)C)cn4)C[C@@H]3C)c(F)cc2s1. The van der Waals surface area contributed by atoms with Gasteiger partial charge >= 0.3 is 0 Å². The molecule has 0 saturated carbocycles. The summed E-state index contributed by atoms with van der Waals surface area (Å²) >= 11 is 1.45. The number of pyridine rings is 1. The summed E-state index contributed by atoms with van der Waals surface area (Å²) < 4.78 is 15.4. The van der Waals surface area contributed by atoms with E-state index in [-0.39, 0.29) is 23.3 Å². The predicted octanol–water partition coefficient (Wildman–Crippen LogP) is 3.17. The minimum atomic E-state index is -0.333. The Balaban J connectivity index is 1.40. The van der Waals surface area contributed by atoms with Gasteiger partial charge < -0.3 is 10.2 Å². The highest BCUT2D eigenvalue weighted by molar-refractivity contribution is 7.18. The summed E-state index contributed by atoms with van der Waals surface area (Å²) in [4.78, 5) is 34.2. The van der Waals surface area contributed by atoms with Gasteiger partial charge in [0.25, 0.3) is 5.91 Å². The number of amides is 1. The van der Waals surface area contributed by atoms with E-state index in [4.69, 9.17) is 0 Å². The molecule has 0 aromatic carbocycles. The maximum absolute atomic E-state index is 14.6. The van der Waals surface area contributed by atoms with Gasteiger partial charge in [-0.3, -0.25) is 9.69 Å². The summed E-state index contributed by atoms with van der Waals surface area (Å²) in [5.41, 5.74) is 1.00. The van der Waals surface area contributed by atoms with Crippen molar-refractivity contribution in [2.24, 2.45) is 0 Å². The molecule has 0 spiro atoms. The highest BCUT2D eigenvalue weighted by Crippen LogP contribution is 2.24. The quantitative estimate of drug-likeness (QED) is 0.644. The topological polar surface area (TPSA) is 87.1 Å². The fraction of sp³-hybridized carbons (Fsp3) is 0.500. The molecule has 4 rings (SSSR count). The van der Waals surface area contributed by atoms with E-state index in [1.807, 2.05) is 27.7 Å². The average molecular weight is 458 g/mol. The molecule has 170 valence electrons. The van der Waals surface area contributed by atoms with Crippen LogP contribution >= 0.6 is 11.3 Å². The van der Waals surface area contributed by atoms with E-state index in [9.17, 15) is 9.18 Å². The van der Waals surface area contributed by atoms with Crippen LogP contribution in [0.2, 0.25) is 0 Å². The summed E-state index contributed by atoms with van der Waals surface area (Å²) in [6.07, 6.45) is 3.15. The lowest BCUT2D eigenvalue weighted by molar-refractivity contribution is 0.0914. The Kier molecular flexibility index (Phi) is 6.09. The molecule has 32 heavy (non-hydrogen) atoms.